The van der Waals surface area contributed by atoms with E-state index < -0.39 is 0 Å². The fourth-order valence-corrected chi connectivity index (χ4v) is 1.42. The van der Waals surface area contributed by atoms with Crippen molar-refractivity contribution >= 4 is 0 Å². The highest BCUT2D eigenvalue weighted by Crippen LogP contribution is 2.43. The predicted octanol–water partition coefficient (Wildman–Crippen LogP) is 1.35. The maximum Gasteiger partial charge on any atom is 0.0706 e. The molecule has 0 aromatic heterocycles. The molecule has 0 N–H and O–H groups in total. The second-order valence-corrected chi connectivity index (χ2v) is 3.25. The second kappa shape index (κ2) is 2.51. The molecular formula is C8H14O2. The SMILES string of the molecule is C1COCCC2(CC2)OC1. The Morgan fingerprint density at radius 1 is 0.900 bits per heavy atom. The van der Waals surface area contributed by atoms with Crippen molar-refractivity contribution in [1.29, 1.82) is 0 Å². The molecule has 1 spiro atoms. The monoisotopic (exact) mass is 142 g/mol. The number of hydrogen-bond donors (Lipinski definition) is 0. The molecule has 58 valence electrons. The van der Waals surface area contributed by atoms with E-state index in [0.29, 0.717) is 0 Å². The fraction of sp³-hybridized carbons (Fsp3) is 1.00. The fourth-order valence-electron chi connectivity index (χ4n) is 1.42. The van der Waals surface area contributed by atoms with E-state index in [1.54, 1.807) is 0 Å². The van der Waals surface area contributed by atoms with Crippen molar-refractivity contribution in [3.63, 3.8) is 0 Å². The van der Waals surface area contributed by atoms with Gasteiger partial charge in [-0.3, -0.25) is 0 Å². The number of rotatable bonds is 0. The second-order valence-electron chi connectivity index (χ2n) is 3.25. The van der Waals surface area contributed by atoms with Crippen LogP contribution in [0.5, 0.6) is 0 Å². The molecule has 0 bridgehead atoms. The lowest BCUT2D eigenvalue weighted by atomic mass is 10.2. The third kappa shape index (κ3) is 1.32. The molecule has 0 amide bonds. The van der Waals surface area contributed by atoms with Gasteiger partial charge in [0.1, 0.15) is 0 Å². The molecule has 0 atom stereocenters. The molecule has 0 aromatic rings. The third-order valence-corrected chi connectivity index (χ3v) is 2.35. The molecule has 1 saturated carbocycles. The van der Waals surface area contributed by atoms with Gasteiger partial charge in [0, 0.05) is 19.8 Å². The minimum Gasteiger partial charge on any atom is -0.381 e. The zero-order valence-electron chi connectivity index (χ0n) is 6.27. The highest BCUT2D eigenvalue weighted by atomic mass is 16.5. The predicted molar refractivity (Wildman–Crippen MR) is 38.0 cm³/mol. The molecule has 1 aliphatic carbocycles. The van der Waals surface area contributed by atoms with E-state index in [9.17, 15) is 0 Å². The average Bonchev–Trinajstić information content (AvgIpc) is 2.61. The van der Waals surface area contributed by atoms with E-state index in [0.717, 1.165) is 32.7 Å². The zero-order valence-corrected chi connectivity index (χ0v) is 6.27. The van der Waals surface area contributed by atoms with E-state index in [4.69, 9.17) is 9.47 Å². The van der Waals surface area contributed by atoms with Crippen LogP contribution < -0.4 is 0 Å². The Balaban J connectivity index is 1.84. The topological polar surface area (TPSA) is 18.5 Å². The smallest absolute Gasteiger partial charge is 0.0706 e. The minimum atomic E-state index is 0.278. The van der Waals surface area contributed by atoms with Crippen molar-refractivity contribution in [2.75, 3.05) is 19.8 Å². The van der Waals surface area contributed by atoms with Gasteiger partial charge >= 0.3 is 0 Å². The molecule has 0 radical (unpaired) electrons. The minimum absolute atomic E-state index is 0.278. The maximum absolute atomic E-state index is 5.70. The Labute approximate surface area is 61.5 Å². The van der Waals surface area contributed by atoms with Crippen molar-refractivity contribution in [1.82, 2.24) is 0 Å². The van der Waals surface area contributed by atoms with Crippen LogP contribution in [0.1, 0.15) is 25.7 Å². The van der Waals surface area contributed by atoms with E-state index in [-0.39, 0.29) is 5.60 Å². The molecule has 1 saturated heterocycles. The van der Waals surface area contributed by atoms with Crippen LogP contribution in [0.25, 0.3) is 0 Å². The molecule has 2 fully saturated rings. The summed E-state index contributed by atoms with van der Waals surface area (Å²) in [5.41, 5.74) is 0.278. The molecule has 2 rings (SSSR count). The van der Waals surface area contributed by atoms with E-state index in [1.807, 2.05) is 0 Å². The molecule has 2 heteroatoms. The molecule has 2 nitrogen and oxygen atoms in total. The Bertz CT molecular complexity index is 108. The van der Waals surface area contributed by atoms with Crippen LogP contribution in [0, 0.1) is 0 Å². The van der Waals surface area contributed by atoms with Crippen LogP contribution in [-0.2, 0) is 9.47 Å². The Hall–Kier alpha value is -0.0800. The Morgan fingerprint density at radius 2 is 1.80 bits per heavy atom. The van der Waals surface area contributed by atoms with E-state index in [1.165, 1.54) is 12.8 Å². The maximum atomic E-state index is 5.70. The molecule has 0 aromatic carbocycles. The lowest BCUT2D eigenvalue weighted by Crippen LogP contribution is -2.21. The summed E-state index contributed by atoms with van der Waals surface area (Å²) in [5, 5.41) is 0. The van der Waals surface area contributed by atoms with Crippen LogP contribution in [0.3, 0.4) is 0 Å². The van der Waals surface area contributed by atoms with Gasteiger partial charge < -0.3 is 9.47 Å². The largest absolute Gasteiger partial charge is 0.381 e. The average molecular weight is 142 g/mol. The third-order valence-electron chi connectivity index (χ3n) is 2.35. The van der Waals surface area contributed by atoms with Crippen molar-refractivity contribution in [2.24, 2.45) is 0 Å². The first-order chi connectivity index (χ1) is 4.91. The molecular weight excluding hydrogens is 128 g/mol. The lowest BCUT2D eigenvalue weighted by molar-refractivity contribution is -0.0298. The lowest BCUT2D eigenvalue weighted by Gasteiger charge is -2.19. The van der Waals surface area contributed by atoms with Gasteiger partial charge in [0.25, 0.3) is 0 Å². The van der Waals surface area contributed by atoms with E-state index >= 15 is 0 Å². The highest BCUT2D eigenvalue weighted by Gasteiger charge is 2.43. The quantitative estimate of drug-likeness (QED) is 0.508. The van der Waals surface area contributed by atoms with Crippen LogP contribution >= 0.6 is 0 Å². The van der Waals surface area contributed by atoms with Crippen LogP contribution in [-0.4, -0.2) is 25.4 Å². The molecule has 1 heterocycles. The Kier molecular flexibility index (Phi) is 1.66. The standard InChI is InChI=1S/C8H14O2/c1-5-9-7-4-8(2-3-8)10-6-1/h1-7H2. The summed E-state index contributed by atoms with van der Waals surface area (Å²) in [6.07, 6.45) is 4.71. The van der Waals surface area contributed by atoms with Gasteiger partial charge in [0.15, 0.2) is 0 Å². The van der Waals surface area contributed by atoms with Gasteiger partial charge in [-0.1, -0.05) is 0 Å². The zero-order chi connectivity index (χ0) is 6.86. The van der Waals surface area contributed by atoms with E-state index in [2.05, 4.69) is 0 Å². The summed E-state index contributed by atoms with van der Waals surface area (Å²) < 4.78 is 11.1. The normalized spacial score (nSPS) is 31.2. The number of ether oxygens (including phenoxy) is 2. The van der Waals surface area contributed by atoms with Gasteiger partial charge in [-0.05, 0) is 25.7 Å². The molecule has 1 aliphatic heterocycles. The highest BCUT2D eigenvalue weighted by molar-refractivity contribution is 4.95. The first-order valence-electron chi connectivity index (χ1n) is 4.13. The van der Waals surface area contributed by atoms with Gasteiger partial charge in [-0.15, -0.1) is 0 Å². The van der Waals surface area contributed by atoms with Crippen LogP contribution in [0.2, 0.25) is 0 Å². The summed E-state index contributed by atoms with van der Waals surface area (Å²) in [5.74, 6) is 0. The van der Waals surface area contributed by atoms with Crippen LogP contribution in [0.4, 0.5) is 0 Å². The van der Waals surface area contributed by atoms with Gasteiger partial charge in [0.2, 0.25) is 0 Å². The summed E-state index contributed by atoms with van der Waals surface area (Å²) >= 11 is 0. The number of hydrogen-bond acceptors (Lipinski definition) is 2. The first-order valence-corrected chi connectivity index (χ1v) is 4.13. The Morgan fingerprint density at radius 3 is 2.60 bits per heavy atom. The van der Waals surface area contributed by atoms with Crippen molar-refractivity contribution in [2.45, 2.75) is 31.3 Å². The first kappa shape index (κ1) is 6.62. The van der Waals surface area contributed by atoms with Gasteiger partial charge in [-0.25, -0.2) is 0 Å². The summed E-state index contributed by atoms with van der Waals surface area (Å²) in [6.45, 7) is 2.69. The summed E-state index contributed by atoms with van der Waals surface area (Å²) in [6, 6.07) is 0. The van der Waals surface area contributed by atoms with Crippen molar-refractivity contribution in [3.05, 3.63) is 0 Å². The van der Waals surface area contributed by atoms with Gasteiger partial charge in [0.05, 0.1) is 5.60 Å². The summed E-state index contributed by atoms with van der Waals surface area (Å²) in [7, 11) is 0. The summed E-state index contributed by atoms with van der Waals surface area (Å²) in [4.78, 5) is 0. The molecule has 0 unspecified atom stereocenters. The molecule has 10 heavy (non-hydrogen) atoms. The van der Waals surface area contributed by atoms with Gasteiger partial charge in [-0.2, -0.15) is 0 Å². The van der Waals surface area contributed by atoms with Crippen LogP contribution in [0.15, 0.2) is 0 Å². The van der Waals surface area contributed by atoms with Crippen molar-refractivity contribution in [3.8, 4) is 0 Å². The molecule has 2 aliphatic rings. The van der Waals surface area contributed by atoms with Crippen molar-refractivity contribution < 1.29 is 9.47 Å².